The van der Waals surface area contributed by atoms with Crippen LogP contribution in [0.4, 0.5) is 8.78 Å². The third-order valence-corrected chi connectivity index (χ3v) is 4.89. The van der Waals surface area contributed by atoms with Gasteiger partial charge in [0, 0.05) is 13.1 Å². The van der Waals surface area contributed by atoms with Crippen LogP contribution in [-0.4, -0.2) is 60.8 Å². The number of aromatic nitrogens is 2. The fourth-order valence-corrected chi connectivity index (χ4v) is 3.38. The molecule has 2 heterocycles. The van der Waals surface area contributed by atoms with Crippen molar-refractivity contribution in [2.75, 3.05) is 33.4 Å². The number of H-pyrrole nitrogens is 1. The number of halogens is 2. The molecule has 1 fully saturated rings. The van der Waals surface area contributed by atoms with Crippen molar-refractivity contribution < 1.29 is 27.8 Å². The molecule has 162 valence electrons. The largest absolute Gasteiger partial charge is 0.493 e. The van der Waals surface area contributed by atoms with E-state index in [1.807, 2.05) is 24.3 Å². The van der Waals surface area contributed by atoms with Crippen molar-refractivity contribution in [1.29, 1.82) is 0 Å². The highest BCUT2D eigenvalue weighted by Gasteiger charge is 2.24. The molecule has 2 aromatic carbocycles. The number of carbonyl (C=O) groups is 1. The van der Waals surface area contributed by atoms with Gasteiger partial charge in [-0.15, -0.1) is 0 Å². The van der Waals surface area contributed by atoms with Crippen molar-refractivity contribution in [3.8, 4) is 11.5 Å². The molecule has 7 nitrogen and oxygen atoms in total. The minimum absolute atomic E-state index is 0.0838. The molecule has 1 saturated heterocycles. The van der Waals surface area contributed by atoms with Crippen LogP contribution in [0.15, 0.2) is 42.5 Å². The van der Waals surface area contributed by atoms with Crippen LogP contribution in [0, 0.1) is 0 Å². The Labute approximate surface area is 177 Å². The van der Waals surface area contributed by atoms with Gasteiger partial charge in [0.25, 0.3) is 5.91 Å². The van der Waals surface area contributed by atoms with Gasteiger partial charge in [0.15, 0.2) is 11.5 Å². The lowest BCUT2D eigenvalue weighted by molar-refractivity contribution is -0.128. The number of nitrogens with one attached hydrogen (secondary N) is 1. The molecular formula is C22H21F2N3O4. The molecule has 3 aromatic rings. The van der Waals surface area contributed by atoms with E-state index in [1.54, 1.807) is 17.0 Å². The van der Waals surface area contributed by atoms with Crippen molar-refractivity contribution in [1.82, 2.24) is 14.9 Å². The van der Waals surface area contributed by atoms with E-state index in [2.05, 4.69) is 14.7 Å². The monoisotopic (exact) mass is 429 g/mol. The molecule has 0 unspecified atom stereocenters. The molecule has 0 radical (unpaired) electrons. The van der Waals surface area contributed by atoms with Crippen LogP contribution in [0.25, 0.3) is 22.7 Å². The number of rotatable bonds is 6. The molecule has 1 aliphatic rings. The lowest BCUT2D eigenvalue weighted by Gasteiger charge is -2.27. The van der Waals surface area contributed by atoms with E-state index in [0.717, 1.165) is 11.0 Å². The van der Waals surface area contributed by atoms with Crippen LogP contribution in [0.1, 0.15) is 11.4 Å². The Morgan fingerprint density at radius 3 is 2.68 bits per heavy atom. The summed E-state index contributed by atoms with van der Waals surface area (Å²) in [6.07, 6.45) is 1.66. The fraction of sp³-hybridized carbons (Fsp3) is 0.273. The summed E-state index contributed by atoms with van der Waals surface area (Å²) < 4.78 is 40.2. The third-order valence-electron chi connectivity index (χ3n) is 4.89. The van der Waals surface area contributed by atoms with Crippen molar-refractivity contribution in [2.45, 2.75) is 6.61 Å². The molecule has 1 aliphatic heterocycles. The Bertz CT molecular complexity index is 1070. The molecule has 1 amide bonds. The minimum Gasteiger partial charge on any atom is -0.493 e. The molecule has 31 heavy (non-hydrogen) atoms. The van der Waals surface area contributed by atoms with E-state index in [-0.39, 0.29) is 17.4 Å². The van der Waals surface area contributed by atoms with Gasteiger partial charge in [0.2, 0.25) is 0 Å². The summed E-state index contributed by atoms with van der Waals surface area (Å²) >= 11 is 0. The number of methoxy groups -OCH3 is 1. The first kappa shape index (κ1) is 20.8. The molecule has 4 rings (SSSR count). The molecule has 0 bridgehead atoms. The molecule has 9 heteroatoms. The van der Waals surface area contributed by atoms with E-state index in [0.29, 0.717) is 43.3 Å². The van der Waals surface area contributed by atoms with E-state index in [4.69, 9.17) is 9.47 Å². The Balaban J connectivity index is 1.76. The van der Waals surface area contributed by atoms with E-state index < -0.39 is 6.61 Å². The molecule has 0 spiro atoms. The van der Waals surface area contributed by atoms with Gasteiger partial charge < -0.3 is 24.1 Å². The fourth-order valence-electron chi connectivity index (χ4n) is 3.38. The van der Waals surface area contributed by atoms with Crippen molar-refractivity contribution in [3.05, 3.63) is 53.9 Å². The van der Waals surface area contributed by atoms with Gasteiger partial charge >= 0.3 is 6.61 Å². The van der Waals surface area contributed by atoms with Crippen LogP contribution in [-0.2, 0) is 9.53 Å². The van der Waals surface area contributed by atoms with E-state index in [9.17, 15) is 13.6 Å². The van der Waals surface area contributed by atoms with Crippen molar-refractivity contribution >= 4 is 28.6 Å². The summed E-state index contributed by atoms with van der Waals surface area (Å²) in [4.78, 5) is 22.8. The van der Waals surface area contributed by atoms with Crippen LogP contribution < -0.4 is 9.47 Å². The lowest BCUT2D eigenvalue weighted by Crippen LogP contribution is -2.41. The molecular weight excluding hydrogens is 408 g/mol. The summed E-state index contributed by atoms with van der Waals surface area (Å²) in [6.45, 7) is -1.09. The highest BCUT2D eigenvalue weighted by Crippen LogP contribution is 2.31. The Kier molecular flexibility index (Phi) is 6.13. The van der Waals surface area contributed by atoms with Gasteiger partial charge in [-0.1, -0.05) is 18.2 Å². The Hall–Kier alpha value is -3.46. The standard InChI is InChI=1S/C22H21F2N3O4/c1-29-19-13-14(6-7-18(19)31-22(23)24)12-15(21(28)27-8-10-30-11-9-27)20-25-16-4-2-3-5-17(16)26-20/h2-7,12-13,22H,8-11H2,1H3,(H,25,26)/b15-12+. The summed E-state index contributed by atoms with van der Waals surface area (Å²) in [7, 11) is 1.36. The second-order valence-electron chi connectivity index (χ2n) is 6.85. The summed E-state index contributed by atoms with van der Waals surface area (Å²) in [5.74, 6) is 0.273. The summed E-state index contributed by atoms with van der Waals surface area (Å²) in [5, 5.41) is 0. The summed E-state index contributed by atoms with van der Waals surface area (Å²) in [6, 6.07) is 12.0. The van der Waals surface area contributed by atoms with E-state index in [1.165, 1.54) is 19.2 Å². The number of para-hydroxylation sites is 2. The molecule has 0 atom stereocenters. The number of aromatic amines is 1. The minimum atomic E-state index is -2.97. The van der Waals surface area contributed by atoms with Crippen LogP contribution in [0.5, 0.6) is 11.5 Å². The number of ether oxygens (including phenoxy) is 3. The molecule has 1 N–H and O–H groups in total. The van der Waals surface area contributed by atoms with Gasteiger partial charge in [-0.25, -0.2) is 4.98 Å². The first-order valence-corrected chi connectivity index (χ1v) is 9.72. The average molecular weight is 429 g/mol. The maximum Gasteiger partial charge on any atom is 0.387 e. The van der Waals surface area contributed by atoms with Crippen LogP contribution in [0.3, 0.4) is 0 Å². The number of benzene rings is 2. The predicted molar refractivity (Wildman–Crippen MR) is 111 cm³/mol. The highest BCUT2D eigenvalue weighted by molar-refractivity contribution is 6.23. The number of imidazole rings is 1. The quantitative estimate of drug-likeness (QED) is 0.607. The number of amides is 1. The number of hydrogen-bond donors (Lipinski definition) is 1. The summed E-state index contributed by atoms with van der Waals surface area (Å²) in [5.41, 5.74) is 2.46. The predicted octanol–water partition coefficient (Wildman–Crippen LogP) is 3.57. The topological polar surface area (TPSA) is 76.7 Å². The Morgan fingerprint density at radius 2 is 1.97 bits per heavy atom. The number of fused-ring (bicyclic) bond motifs is 1. The second kappa shape index (κ2) is 9.13. The number of morpholine rings is 1. The maximum absolute atomic E-state index is 13.3. The zero-order chi connectivity index (χ0) is 21.8. The van der Waals surface area contributed by atoms with Gasteiger partial charge in [-0.05, 0) is 35.9 Å². The highest BCUT2D eigenvalue weighted by atomic mass is 19.3. The van der Waals surface area contributed by atoms with Crippen molar-refractivity contribution in [2.24, 2.45) is 0 Å². The molecule has 0 saturated carbocycles. The average Bonchev–Trinajstić information content (AvgIpc) is 3.22. The smallest absolute Gasteiger partial charge is 0.387 e. The first-order valence-electron chi connectivity index (χ1n) is 9.72. The number of carbonyl (C=O) groups excluding carboxylic acids is 1. The second-order valence-corrected chi connectivity index (χ2v) is 6.85. The third kappa shape index (κ3) is 4.66. The van der Waals surface area contributed by atoms with Crippen LogP contribution in [0.2, 0.25) is 0 Å². The number of hydrogen-bond acceptors (Lipinski definition) is 5. The lowest BCUT2D eigenvalue weighted by atomic mass is 10.1. The van der Waals surface area contributed by atoms with Gasteiger partial charge in [-0.2, -0.15) is 8.78 Å². The van der Waals surface area contributed by atoms with Crippen molar-refractivity contribution in [3.63, 3.8) is 0 Å². The Morgan fingerprint density at radius 1 is 1.19 bits per heavy atom. The van der Waals surface area contributed by atoms with Gasteiger partial charge in [0.1, 0.15) is 5.82 Å². The number of alkyl halides is 2. The van der Waals surface area contributed by atoms with Gasteiger partial charge in [0.05, 0.1) is 36.9 Å². The first-order chi connectivity index (χ1) is 15.0. The zero-order valence-electron chi connectivity index (χ0n) is 16.8. The van der Waals surface area contributed by atoms with Gasteiger partial charge in [-0.3, -0.25) is 4.79 Å². The zero-order valence-corrected chi connectivity index (χ0v) is 16.8. The van der Waals surface area contributed by atoms with Crippen LogP contribution >= 0.6 is 0 Å². The molecule has 0 aliphatic carbocycles. The van der Waals surface area contributed by atoms with E-state index >= 15 is 0 Å². The maximum atomic E-state index is 13.3. The normalized spacial score (nSPS) is 14.8. The SMILES string of the molecule is COc1cc(/C=C(/C(=O)N2CCOCC2)c2nc3ccccc3[nH]2)ccc1OC(F)F. The molecule has 1 aromatic heterocycles. The number of nitrogens with zero attached hydrogens (tertiary/aromatic N) is 2.